The van der Waals surface area contributed by atoms with Crippen LogP contribution in [-0.4, -0.2) is 30.1 Å². The van der Waals surface area contributed by atoms with Crippen molar-refractivity contribution < 1.29 is 0 Å². The molecule has 18 heavy (non-hydrogen) atoms. The first-order valence-electron chi connectivity index (χ1n) is 6.92. The van der Waals surface area contributed by atoms with Gasteiger partial charge in [-0.15, -0.1) is 0 Å². The monoisotopic (exact) mass is 264 g/mol. The molecule has 3 heteroatoms. The molecule has 2 aliphatic heterocycles. The van der Waals surface area contributed by atoms with E-state index in [4.69, 9.17) is 11.6 Å². The van der Waals surface area contributed by atoms with Crippen LogP contribution in [0.2, 0.25) is 5.02 Å². The number of hydrogen-bond acceptors (Lipinski definition) is 2. The van der Waals surface area contributed by atoms with E-state index in [1.807, 2.05) is 12.1 Å². The molecule has 2 fully saturated rings. The van der Waals surface area contributed by atoms with E-state index in [1.54, 1.807) is 0 Å². The smallest absolute Gasteiger partial charge is 0.0409 e. The number of rotatable bonds is 3. The van der Waals surface area contributed by atoms with E-state index < -0.39 is 0 Å². The van der Waals surface area contributed by atoms with Gasteiger partial charge in [-0.2, -0.15) is 0 Å². The lowest BCUT2D eigenvalue weighted by atomic mass is 9.98. The Hall–Kier alpha value is -0.570. The van der Waals surface area contributed by atoms with Gasteiger partial charge in [-0.25, -0.2) is 0 Å². The third-order valence-electron chi connectivity index (χ3n) is 4.58. The van der Waals surface area contributed by atoms with Gasteiger partial charge < -0.3 is 10.2 Å². The molecule has 0 spiro atoms. The molecule has 2 atom stereocenters. The predicted molar refractivity (Wildman–Crippen MR) is 75.9 cm³/mol. The highest BCUT2D eigenvalue weighted by Gasteiger charge is 2.37. The zero-order valence-corrected chi connectivity index (χ0v) is 11.7. The summed E-state index contributed by atoms with van der Waals surface area (Å²) in [6, 6.07) is 10.4. The van der Waals surface area contributed by atoms with Gasteiger partial charge in [0.25, 0.3) is 0 Å². The second-order valence-electron chi connectivity index (χ2n) is 5.73. The molecule has 1 aromatic carbocycles. The van der Waals surface area contributed by atoms with Crippen LogP contribution in [0.25, 0.3) is 0 Å². The Morgan fingerprint density at radius 2 is 2.00 bits per heavy atom. The van der Waals surface area contributed by atoms with Crippen LogP contribution in [0.15, 0.2) is 24.3 Å². The summed E-state index contributed by atoms with van der Waals surface area (Å²) in [4.78, 5) is 2.58. The second-order valence-corrected chi connectivity index (χ2v) is 6.17. The first-order chi connectivity index (χ1) is 8.72. The minimum Gasteiger partial charge on any atom is -0.310 e. The Bertz CT molecular complexity index is 407. The number of halogens is 1. The average Bonchev–Trinajstić information content (AvgIpc) is 2.60. The summed E-state index contributed by atoms with van der Waals surface area (Å²) >= 11 is 6.01. The van der Waals surface area contributed by atoms with Crippen molar-refractivity contribution in [2.45, 2.75) is 50.4 Å². The van der Waals surface area contributed by atoms with Crippen molar-refractivity contribution in [2.75, 3.05) is 7.05 Å². The zero-order chi connectivity index (χ0) is 12.5. The van der Waals surface area contributed by atoms with Crippen LogP contribution in [0.3, 0.4) is 0 Å². The molecule has 1 aromatic rings. The van der Waals surface area contributed by atoms with Crippen molar-refractivity contribution in [3.05, 3.63) is 34.9 Å². The third-order valence-corrected chi connectivity index (χ3v) is 4.82. The van der Waals surface area contributed by atoms with Gasteiger partial charge in [0.15, 0.2) is 0 Å². The van der Waals surface area contributed by atoms with Crippen molar-refractivity contribution in [3.8, 4) is 0 Å². The predicted octanol–water partition coefficient (Wildman–Crippen LogP) is 3.05. The fraction of sp³-hybridized carbons (Fsp3) is 0.600. The lowest BCUT2D eigenvalue weighted by Crippen LogP contribution is -2.46. The minimum atomic E-state index is 0.678. The van der Waals surface area contributed by atoms with E-state index in [9.17, 15) is 0 Å². The molecule has 2 bridgehead atoms. The SMILES string of the molecule is CN1C2CCC1CC(NCc1cccc(Cl)c1)C2. The van der Waals surface area contributed by atoms with E-state index in [0.29, 0.717) is 6.04 Å². The zero-order valence-electron chi connectivity index (χ0n) is 10.9. The maximum atomic E-state index is 6.01. The van der Waals surface area contributed by atoms with Gasteiger partial charge >= 0.3 is 0 Å². The first kappa shape index (κ1) is 12.5. The van der Waals surface area contributed by atoms with E-state index in [0.717, 1.165) is 23.7 Å². The summed E-state index contributed by atoms with van der Waals surface area (Å²) in [5.41, 5.74) is 1.29. The van der Waals surface area contributed by atoms with E-state index in [1.165, 1.54) is 31.2 Å². The van der Waals surface area contributed by atoms with Gasteiger partial charge in [0, 0.05) is 29.7 Å². The molecule has 98 valence electrons. The lowest BCUT2D eigenvalue weighted by molar-refractivity contribution is 0.148. The molecule has 0 radical (unpaired) electrons. The maximum absolute atomic E-state index is 6.01. The summed E-state index contributed by atoms with van der Waals surface area (Å²) in [7, 11) is 2.29. The van der Waals surface area contributed by atoms with E-state index >= 15 is 0 Å². The fourth-order valence-electron chi connectivity index (χ4n) is 3.49. The molecule has 0 aromatic heterocycles. The molecule has 0 amide bonds. The molecule has 2 unspecified atom stereocenters. The molecule has 0 aliphatic carbocycles. The van der Waals surface area contributed by atoms with Crippen LogP contribution in [0.5, 0.6) is 0 Å². The van der Waals surface area contributed by atoms with Gasteiger partial charge in [0.05, 0.1) is 0 Å². The van der Waals surface area contributed by atoms with Gasteiger partial charge in [-0.05, 0) is 50.4 Å². The van der Waals surface area contributed by atoms with Crippen LogP contribution in [0.4, 0.5) is 0 Å². The van der Waals surface area contributed by atoms with E-state index in [-0.39, 0.29) is 0 Å². The molecular weight excluding hydrogens is 244 g/mol. The number of piperidine rings is 1. The van der Waals surface area contributed by atoms with Crippen molar-refractivity contribution in [2.24, 2.45) is 0 Å². The summed E-state index contributed by atoms with van der Waals surface area (Å²) in [6.45, 7) is 0.939. The normalized spacial score (nSPS) is 31.8. The lowest BCUT2D eigenvalue weighted by Gasteiger charge is -2.36. The summed E-state index contributed by atoms with van der Waals surface area (Å²) < 4.78 is 0. The minimum absolute atomic E-state index is 0.678. The molecule has 3 rings (SSSR count). The van der Waals surface area contributed by atoms with Gasteiger partial charge in [-0.3, -0.25) is 0 Å². The quantitative estimate of drug-likeness (QED) is 0.903. The number of hydrogen-bond donors (Lipinski definition) is 1. The Morgan fingerprint density at radius 3 is 2.67 bits per heavy atom. The highest BCUT2D eigenvalue weighted by atomic mass is 35.5. The third kappa shape index (κ3) is 2.56. The average molecular weight is 265 g/mol. The topological polar surface area (TPSA) is 15.3 Å². The van der Waals surface area contributed by atoms with Gasteiger partial charge in [-0.1, -0.05) is 23.7 Å². The standard InChI is InChI=1S/C15H21ClN2/c1-18-14-5-6-15(18)9-13(8-14)17-10-11-3-2-4-12(16)7-11/h2-4,7,13-15,17H,5-6,8-10H2,1H3. The summed E-state index contributed by atoms with van der Waals surface area (Å²) in [5.74, 6) is 0. The highest BCUT2D eigenvalue weighted by molar-refractivity contribution is 6.30. The molecule has 2 saturated heterocycles. The van der Waals surface area contributed by atoms with Crippen LogP contribution >= 0.6 is 11.6 Å². The number of nitrogens with zero attached hydrogens (tertiary/aromatic N) is 1. The summed E-state index contributed by atoms with van der Waals surface area (Å²) in [6.07, 6.45) is 5.37. The summed E-state index contributed by atoms with van der Waals surface area (Å²) in [5, 5.41) is 4.53. The Morgan fingerprint density at radius 1 is 1.28 bits per heavy atom. The van der Waals surface area contributed by atoms with Crippen molar-refractivity contribution >= 4 is 11.6 Å². The molecule has 2 aliphatic rings. The van der Waals surface area contributed by atoms with Crippen LogP contribution in [0, 0.1) is 0 Å². The highest BCUT2D eigenvalue weighted by Crippen LogP contribution is 2.34. The largest absolute Gasteiger partial charge is 0.310 e. The number of fused-ring (bicyclic) bond motifs is 2. The van der Waals surface area contributed by atoms with Crippen molar-refractivity contribution in [1.29, 1.82) is 0 Å². The van der Waals surface area contributed by atoms with Gasteiger partial charge in [0.2, 0.25) is 0 Å². The van der Waals surface area contributed by atoms with Crippen LogP contribution in [-0.2, 0) is 6.54 Å². The molecule has 2 heterocycles. The van der Waals surface area contributed by atoms with E-state index in [2.05, 4.69) is 29.4 Å². The molecule has 1 N–H and O–H groups in total. The maximum Gasteiger partial charge on any atom is 0.0409 e. The number of nitrogens with one attached hydrogen (secondary N) is 1. The Kier molecular flexibility index (Phi) is 3.60. The van der Waals surface area contributed by atoms with Crippen LogP contribution < -0.4 is 5.32 Å². The van der Waals surface area contributed by atoms with Crippen molar-refractivity contribution in [3.63, 3.8) is 0 Å². The Balaban J connectivity index is 1.55. The van der Waals surface area contributed by atoms with Crippen molar-refractivity contribution in [1.82, 2.24) is 10.2 Å². The molecular formula is C15H21ClN2. The van der Waals surface area contributed by atoms with Crippen LogP contribution in [0.1, 0.15) is 31.2 Å². The second kappa shape index (κ2) is 5.20. The molecule has 2 nitrogen and oxygen atoms in total. The fourth-order valence-corrected chi connectivity index (χ4v) is 3.70. The van der Waals surface area contributed by atoms with Gasteiger partial charge in [0.1, 0.15) is 0 Å². The Labute approximate surface area is 114 Å². The first-order valence-corrected chi connectivity index (χ1v) is 7.30. The molecule has 0 saturated carbocycles. The number of benzene rings is 1.